The quantitative estimate of drug-likeness (QED) is 0.737. The second-order valence-corrected chi connectivity index (χ2v) is 3.23. The highest BCUT2D eigenvalue weighted by Crippen LogP contribution is 2.06. The van der Waals surface area contributed by atoms with Crippen LogP contribution in [-0.4, -0.2) is 21.3 Å². The van der Waals surface area contributed by atoms with Gasteiger partial charge in [0, 0.05) is 18.8 Å². The Balaban J connectivity index is 2.52. The fourth-order valence-corrected chi connectivity index (χ4v) is 1.05. The zero-order chi connectivity index (χ0) is 8.97. The van der Waals surface area contributed by atoms with E-state index in [-0.39, 0.29) is 6.61 Å². The SMILES string of the molecule is CC(C)n1cnc(CCCO)c1. The van der Waals surface area contributed by atoms with Crippen LogP contribution < -0.4 is 0 Å². The van der Waals surface area contributed by atoms with Crippen LogP contribution in [0.3, 0.4) is 0 Å². The molecule has 12 heavy (non-hydrogen) atoms. The van der Waals surface area contributed by atoms with Gasteiger partial charge in [0.1, 0.15) is 0 Å². The van der Waals surface area contributed by atoms with E-state index in [0.29, 0.717) is 6.04 Å². The number of aromatic nitrogens is 2. The van der Waals surface area contributed by atoms with Crippen LogP contribution in [0, 0.1) is 0 Å². The number of aliphatic hydroxyl groups is 1. The molecule has 1 aromatic rings. The van der Waals surface area contributed by atoms with Crippen LogP contribution in [0.5, 0.6) is 0 Å². The van der Waals surface area contributed by atoms with Crippen molar-refractivity contribution in [3.8, 4) is 0 Å². The van der Waals surface area contributed by atoms with E-state index >= 15 is 0 Å². The molecule has 0 unspecified atom stereocenters. The molecule has 0 aliphatic heterocycles. The van der Waals surface area contributed by atoms with Crippen molar-refractivity contribution < 1.29 is 5.11 Å². The first-order valence-electron chi connectivity index (χ1n) is 4.37. The van der Waals surface area contributed by atoms with E-state index in [9.17, 15) is 0 Å². The Hall–Kier alpha value is -0.830. The lowest BCUT2D eigenvalue weighted by Crippen LogP contribution is -1.96. The normalized spacial score (nSPS) is 11.0. The van der Waals surface area contributed by atoms with Crippen molar-refractivity contribution in [2.75, 3.05) is 6.61 Å². The van der Waals surface area contributed by atoms with Crippen molar-refractivity contribution >= 4 is 0 Å². The Morgan fingerprint density at radius 1 is 1.58 bits per heavy atom. The number of hydrogen-bond acceptors (Lipinski definition) is 2. The molecular formula is C9H16N2O. The van der Waals surface area contributed by atoms with E-state index in [2.05, 4.69) is 23.4 Å². The smallest absolute Gasteiger partial charge is 0.0951 e. The minimum absolute atomic E-state index is 0.245. The van der Waals surface area contributed by atoms with Crippen molar-refractivity contribution in [2.45, 2.75) is 32.7 Å². The highest BCUT2D eigenvalue weighted by Gasteiger charge is 2.00. The third-order valence-corrected chi connectivity index (χ3v) is 1.84. The average Bonchev–Trinajstić information content (AvgIpc) is 2.48. The van der Waals surface area contributed by atoms with Gasteiger partial charge in [0.2, 0.25) is 0 Å². The largest absolute Gasteiger partial charge is 0.396 e. The van der Waals surface area contributed by atoms with Gasteiger partial charge in [-0.3, -0.25) is 0 Å². The van der Waals surface area contributed by atoms with Gasteiger partial charge in [-0.05, 0) is 26.7 Å². The molecule has 1 N–H and O–H groups in total. The Labute approximate surface area is 73.1 Å². The summed E-state index contributed by atoms with van der Waals surface area (Å²) in [6.45, 7) is 4.49. The Bertz CT molecular complexity index is 230. The van der Waals surface area contributed by atoms with Crippen LogP contribution in [0.1, 0.15) is 32.0 Å². The van der Waals surface area contributed by atoms with E-state index in [1.54, 1.807) is 0 Å². The van der Waals surface area contributed by atoms with Crippen molar-refractivity contribution in [2.24, 2.45) is 0 Å². The summed E-state index contributed by atoms with van der Waals surface area (Å²) < 4.78 is 2.08. The average molecular weight is 168 g/mol. The maximum atomic E-state index is 8.61. The minimum atomic E-state index is 0.245. The van der Waals surface area contributed by atoms with E-state index in [4.69, 9.17) is 5.11 Å². The summed E-state index contributed by atoms with van der Waals surface area (Å²) in [6, 6.07) is 0.473. The Morgan fingerprint density at radius 3 is 2.83 bits per heavy atom. The van der Waals surface area contributed by atoms with Gasteiger partial charge in [-0.15, -0.1) is 0 Å². The van der Waals surface area contributed by atoms with E-state index in [0.717, 1.165) is 18.5 Å². The fourth-order valence-electron chi connectivity index (χ4n) is 1.05. The van der Waals surface area contributed by atoms with Crippen molar-refractivity contribution in [1.29, 1.82) is 0 Å². The summed E-state index contributed by atoms with van der Waals surface area (Å²) in [5.41, 5.74) is 1.07. The molecule has 1 rings (SSSR count). The van der Waals surface area contributed by atoms with Crippen LogP contribution >= 0.6 is 0 Å². The molecule has 68 valence electrons. The first-order chi connectivity index (χ1) is 5.74. The molecule has 3 nitrogen and oxygen atoms in total. The van der Waals surface area contributed by atoms with Gasteiger partial charge in [0.15, 0.2) is 0 Å². The zero-order valence-electron chi connectivity index (χ0n) is 7.70. The Morgan fingerprint density at radius 2 is 2.33 bits per heavy atom. The van der Waals surface area contributed by atoms with Crippen molar-refractivity contribution in [3.05, 3.63) is 18.2 Å². The molecule has 0 atom stereocenters. The topological polar surface area (TPSA) is 38.0 Å². The van der Waals surface area contributed by atoms with Crippen LogP contribution in [0.15, 0.2) is 12.5 Å². The van der Waals surface area contributed by atoms with Gasteiger partial charge in [0.25, 0.3) is 0 Å². The lowest BCUT2D eigenvalue weighted by atomic mass is 10.2. The fraction of sp³-hybridized carbons (Fsp3) is 0.667. The van der Waals surface area contributed by atoms with Gasteiger partial charge in [-0.1, -0.05) is 0 Å². The zero-order valence-corrected chi connectivity index (χ0v) is 7.70. The maximum Gasteiger partial charge on any atom is 0.0951 e. The van der Waals surface area contributed by atoms with Crippen LogP contribution in [0.4, 0.5) is 0 Å². The number of nitrogens with zero attached hydrogens (tertiary/aromatic N) is 2. The number of hydrogen-bond donors (Lipinski definition) is 1. The molecule has 0 spiro atoms. The molecule has 0 aliphatic rings. The van der Waals surface area contributed by atoms with E-state index < -0.39 is 0 Å². The summed E-state index contributed by atoms with van der Waals surface area (Å²) >= 11 is 0. The molecule has 0 amide bonds. The summed E-state index contributed by atoms with van der Waals surface area (Å²) in [7, 11) is 0. The lowest BCUT2D eigenvalue weighted by Gasteiger charge is -2.03. The van der Waals surface area contributed by atoms with Gasteiger partial charge in [-0.25, -0.2) is 4.98 Å². The number of aliphatic hydroxyl groups excluding tert-OH is 1. The summed E-state index contributed by atoms with van der Waals surface area (Å²) in [4.78, 5) is 4.23. The highest BCUT2D eigenvalue weighted by molar-refractivity contribution is 4.97. The molecule has 0 saturated heterocycles. The predicted molar refractivity (Wildman–Crippen MR) is 48.0 cm³/mol. The van der Waals surface area contributed by atoms with E-state index in [1.165, 1.54) is 0 Å². The maximum absolute atomic E-state index is 8.61. The standard InChI is InChI=1S/C9H16N2O/c1-8(2)11-6-9(10-7-11)4-3-5-12/h6-8,12H,3-5H2,1-2H3. The first kappa shape index (κ1) is 9.26. The van der Waals surface area contributed by atoms with Crippen molar-refractivity contribution in [3.63, 3.8) is 0 Å². The van der Waals surface area contributed by atoms with Crippen LogP contribution in [0.2, 0.25) is 0 Å². The Kier molecular flexibility index (Phi) is 3.29. The van der Waals surface area contributed by atoms with Gasteiger partial charge in [-0.2, -0.15) is 0 Å². The molecule has 0 aliphatic carbocycles. The molecule has 0 saturated carbocycles. The molecule has 1 aromatic heterocycles. The predicted octanol–water partition coefficient (Wildman–Crippen LogP) is 1.39. The van der Waals surface area contributed by atoms with Gasteiger partial charge >= 0.3 is 0 Å². The van der Waals surface area contributed by atoms with Crippen molar-refractivity contribution in [1.82, 2.24) is 9.55 Å². The second-order valence-electron chi connectivity index (χ2n) is 3.23. The summed E-state index contributed by atoms with van der Waals surface area (Å²) in [6.07, 6.45) is 5.56. The number of imidazole rings is 1. The highest BCUT2D eigenvalue weighted by atomic mass is 16.2. The van der Waals surface area contributed by atoms with Gasteiger partial charge in [0.05, 0.1) is 12.0 Å². The number of rotatable bonds is 4. The molecule has 0 fully saturated rings. The lowest BCUT2D eigenvalue weighted by molar-refractivity contribution is 0.288. The number of aryl methyl sites for hydroxylation is 1. The summed E-state index contributed by atoms with van der Waals surface area (Å²) in [5.74, 6) is 0. The monoisotopic (exact) mass is 168 g/mol. The van der Waals surface area contributed by atoms with Crippen LogP contribution in [0.25, 0.3) is 0 Å². The molecule has 3 heteroatoms. The first-order valence-corrected chi connectivity index (χ1v) is 4.37. The molecular weight excluding hydrogens is 152 g/mol. The summed E-state index contributed by atoms with van der Waals surface area (Å²) in [5, 5.41) is 8.61. The molecule has 1 heterocycles. The van der Waals surface area contributed by atoms with E-state index in [1.807, 2.05) is 12.5 Å². The molecule has 0 bridgehead atoms. The van der Waals surface area contributed by atoms with Crippen LogP contribution in [-0.2, 0) is 6.42 Å². The second kappa shape index (κ2) is 4.26. The molecule has 0 aromatic carbocycles. The third kappa shape index (κ3) is 2.34. The molecule has 0 radical (unpaired) electrons. The van der Waals surface area contributed by atoms with Gasteiger partial charge < -0.3 is 9.67 Å². The minimum Gasteiger partial charge on any atom is -0.396 e. The third-order valence-electron chi connectivity index (χ3n) is 1.84.